The van der Waals surface area contributed by atoms with Gasteiger partial charge < -0.3 is 4.18 Å². The summed E-state index contributed by atoms with van der Waals surface area (Å²) in [5.74, 6) is -2.91. The average Bonchev–Trinajstić information content (AvgIpc) is 2.42. The monoisotopic (exact) mass is 393 g/mol. The molecule has 10 heteroatoms. The Labute approximate surface area is 131 Å². The maximum Gasteiger partial charge on any atom is 0.339 e. The lowest BCUT2D eigenvalue weighted by molar-refractivity contribution is -0.385. The molecule has 0 N–H and O–H groups in total. The minimum Gasteiger partial charge on any atom is -0.379 e. The Kier molecular flexibility index (Phi) is 4.42. The Balaban J connectivity index is 2.42. The van der Waals surface area contributed by atoms with Gasteiger partial charge in [0.25, 0.3) is 5.69 Å². The van der Waals surface area contributed by atoms with Crippen LogP contribution >= 0.6 is 15.9 Å². The fourth-order valence-electron chi connectivity index (χ4n) is 1.50. The van der Waals surface area contributed by atoms with Gasteiger partial charge in [0.2, 0.25) is 0 Å². The zero-order valence-corrected chi connectivity index (χ0v) is 12.9. The molecule has 0 aliphatic rings. The summed E-state index contributed by atoms with van der Waals surface area (Å²) in [5.41, 5.74) is -0.471. The van der Waals surface area contributed by atoms with E-state index in [-0.39, 0.29) is 4.47 Å². The van der Waals surface area contributed by atoms with Crippen molar-refractivity contribution in [2.24, 2.45) is 0 Å². The van der Waals surface area contributed by atoms with Crippen molar-refractivity contribution in [3.05, 3.63) is 62.6 Å². The first-order chi connectivity index (χ1) is 10.2. The molecule has 0 amide bonds. The Morgan fingerprint density at radius 3 is 2.36 bits per heavy atom. The molecule has 116 valence electrons. The summed E-state index contributed by atoms with van der Waals surface area (Å²) in [6.07, 6.45) is 0. The molecule has 0 radical (unpaired) electrons. The lowest BCUT2D eigenvalue weighted by Crippen LogP contribution is -2.10. The van der Waals surface area contributed by atoms with Gasteiger partial charge in [0.15, 0.2) is 11.6 Å². The van der Waals surface area contributed by atoms with Crippen molar-refractivity contribution >= 4 is 31.7 Å². The topological polar surface area (TPSA) is 86.5 Å². The van der Waals surface area contributed by atoms with Crippen molar-refractivity contribution in [1.82, 2.24) is 0 Å². The van der Waals surface area contributed by atoms with E-state index in [1.807, 2.05) is 0 Å². The molecule has 0 saturated carbocycles. The molecule has 0 aliphatic carbocycles. The summed E-state index contributed by atoms with van der Waals surface area (Å²) in [7, 11) is -4.45. The van der Waals surface area contributed by atoms with Crippen LogP contribution in [0.3, 0.4) is 0 Å². The van der Waals surface area contributed by atoms with E-state index >= 15 is 0 Å². The molecule has 0 spiro atoms. The van der Waals surface area contributed by atoms with Crippen LogP contribution in [-0.4, -0.2) is 13.3 Å². The number of hydrogen-bond donors (Lipinski definition) is 0. The van der Waals surface area contributed by atoms with Gasteiger partial charge >= 0.3 is 10.1 Å². The highest BCUT2D eigenvalue weighted by Gasteiger charge is 2.22. The number of rotatable bonds is 4. The highest BCUT2D eigenvalue weighted by molar-refractivity contribution is 9.10. The van der Waals surface area contributed by atoms with Crippen LogP contribution in [-0.2, 0) is 10.1 Å². The van der Waals surface area contributed by atoms with Gasteiger partial charge in [0, 0.05) is 22.7 Å². The van der Waals surface area contributed by atoms with E-state index in [1.165, 1.54) is 0 Å². The van der Waals surface area contributed by atoms with Crippen LogP contribution < -0.4 is 4.18 Å². The van der Waals surface area contributed by atoms with Crippen LogP contribution in [0.25, 0.3) is 0 Å². The number of nitro groups is 1. The molecular weight excluding hydrogens is 388 g/mol. The Morgan fingerprint density at radius 1 is 1.09 bits per heavy atom. The summed E-state index contributed by atoms with van der Waals surface area (Å²) in [5, 5.41) is 10.7. The molecule has 0 saturated heterocycles. The van der Waals surface area contributed by atoms with E-state index < -0.39 is 43.0 Å². The van der Waals surface area contributed by atoms with Gasteiger partial charge in [0.1, 0.15) is 10.6 Å². The van der Waals surface area contributed by atoms with Gasteiger partial charge in [-0.15, -0.1) is 0 Å². The number of nitrogens with zero attached hydrogens (tertiary/aromatic N) is 1. The maximum atomic E-state index is 13.0. The van der Waals surface area contributed by atoms with E-state index in [4.69, 9.17) is 0 Å². The molecular formula is C12H6BrF2NO5S. The minimum atomic E-state index is -4.45. The van der Waals surface area contributed by atoms with E-state index in [0.717, 1.165) is 24.3 Å². The van der Waals surface area contributed by atoms with E-state index in [0.29, 0.717) is 12.1 Å². The minimum absolute atomic E-state index is 0.147. The quantitative estimate of drug-likeness (QED) is 0.451. The molecule has 22 heavy (non-hydrogen) atoms. The first-order valence-corrected chi connectivity index (χ1v) is 7.74. The molecule has 2 rings (SSSR count). The predicted octanol–water partition coefficient (Wildman–Crippen LogP) is 3.40. The molecule has 0 atom stereocenters. The van der Waals surface area contributed by atoms with Gasteiger partial charge in [-0.3, -0.25) is 10.1 Å². The largest absolute Gasteiger partial charge is 0.379 e. The fourth-order valence-corrected chi connectivity index (χ4v) is 3.12. The standard InChI is InChI=1S/C12H6BrF2NO5S/c13-7-3-8(16(17)18)5-10(4-7)22(19,20)21-9-1-2-11(14)12(15)6-9/h1-6H. The summed E-state index contributed by atoms with van der Waals surface area (Å²) in [4.78, 5) is 9.45. The second kappa shape index (κ2) is 5.97. The molecule has 6 nitrogen and oxygen atoms in total. The molecule has 2 aromatic carbocycles. The number of hydrogen-bond acceptors (Lipinski definition) is 5. The zero-order chi connectivity index (χ0) is 16.5. The average molecular weight is 394 g/mol. The van der Waals surface area contributed by atoms with Crippen LogP contribution in [0.15, 0.2) is 45.8 Å². The molecule has 0 unspecified atom stereocenters. The molecule has 0 fully saturated rings. The fraction of sp³-hybridized carbons (Fsp3) is 0. The van der Waals surface area contributed by atoms with Crippen LogP contribution in [0.1, 0.15) is 0 Å². The summed E-state index contributed by atoms with van der Waals surface area (Å²) in [6.45, 7) is 0. The van der Waals surface area contributed by atoms with E-state index in [1.54, 1.807) is 0 Å². The molecule has 0 aliphatic heterocycles. The smallest absolute Gasteiger partial charge is 0.339 e. The third kappa shape index (κ3) is 3.57. The predicted molar refractivity (Wildman–Crippen MR) is 75.0 cm³/mol. The number of halogens is 3. The summed E-state index contributed by atoms with van der Waals surface area (Å²) in [6, 6.07) is 5.16. The highest BCUT2D eigenvalue weighted by Crippen LogP contribution is 2.27. The highest BCUT2D eigenvalue weighted by atomic mass is 79.9. The lowest BCUT2D eigenvalue weighted by Gasteiger charge is -2.07. The number of benzene rings is 2. The van der Waals surface area contributed by atoms with Crippen LogP contribution in [0.5, 0.6) is 5.75 Å². The van der Waals surface area contributed by atoms with Crippen LogP contribution in [0.2, 0.25) is 0 Å². The van der Waals surface area contributed by atoms with E-state index in [2.05, 4.69) is 20.1 Å². The van der Waals surface area contributed by atoms with Crippen molar-refractivity contribution in [3.63, 3.8) is 0 Å². The van der Waals surface area contributed by atoms with Crippen molar-refractivity contribution in [1.29, 1.82) is 0 Å². The number of nitro benzene ring substituents is 1. The SMILES string of the molecule is O=[N+]([O-])c1cc(Br)cc(S(=O)(=O)Oc2ccc(F)c(F)c2)c1. The van der Waals surface area contributed by atoms with E-state index in [9.17, 15) is 27.3 Å². The normalized spacial score (nSPS) is 11.2. The first kappa shape index (κ1) is 16.3. The van der Waals surface area contributed by atoms with Crippen molar-refractivity contribution < 1.29 is 26.3 Å². The third-order valence-electron chi connectivity index (χ3n) is 2.45. The van der Waals surface area contributed by atoms with Crippen LogP contribution in [0, 0.1) is 21.7 Å². The Hall–Kier alpha value is -2.07. The summed E-state index contributed by atoms with van der Waals surface area (Å²) >= 11 is 2.95. The first-order valence-electron chi connectivity index (χ1n) is 5.53. The molecule has 0 aromatic heterocycles. The van der Waals surface area contributed by atoms with Crippen molar-refractivity contribution in [2.75, 3.05) is 0 Å². The van der Waals surface area contributed by atoms with Gasteiger partial charge in [-0.25, -0.2) is 8.78 Å². The summed E-state index contributed by atoms with van der Waals surface area (Å²) < 4.78 is 54.7. The molecule has 0 heterocycles. The maximum absolute atomic E-state index is 13.0. The zero-order valence-electron chi connectivity index (χ0n) is 10.5. The van der Waals surface area contributed by atoms with Gasteiger partial charge in [-0.1, -0.05) is 15.9 Å². The molecule has 2 aromatic rings. The number of non-ortho nitro benzene ring substituents is 1. The second-order valence-electron chi connectivity index (χ2n) is 4.02. The third-order valence-corrected chi connectivity index (χ3v) is 4.14. The van der Waals surface area contributed by atoms with Crippen molar-refractivity contribution in [3.8, 4) is 5.75 Å². The van der Waals surface area contributed by atoms with Gasteiger partial charge in [0.05, 0.1) is 4.92 Å². The van der Waals surface area contributed by atoms with Gasteiger partial charge in [-0.05, 0) is 18.2 Å². The Morgan fingerprint density at radius 2 is 1.77 bits per heavy atom. The Bertz CT molecular complexity index is 857. The van der Waals surface area contributed by atoms with Crippen molar-refractivity contribution in [2.45, 2.75) is 4.90 Å². The molecule has 0 bridgehead atoms. The second-order valence-corrected chi connectivity index (χ2v) is 6.48. The lowest BCUT2D eigenvalue weighted by atomic mass is 10.3. The van der Waals surface area contributed by atoms with Gasteiger partial charge in [-0.2, -0.15) is 8.42 Å². The van der Waals surface area contributed by atoms with Crippen LogP contribution in [0.4, 0.5) is 14.5 Å².